The zero-order chi connectivity index (χ0) is 12.1. The van der Waals surface area contributed by atoms with Gasteiger partial charge in [0.25, 0.3) is 10.1 Å². The van der Waals surface area contributed by atoms with Crippen molar-refractivity contribution in [3.05, 3.63) is 22.7 Å². The molecule has 0 aromatic heterocycles. The van der Waals surface area contributed by atoms with Crippen LogP contribution < -0.4 is 4.74 Å². The molecule has 0 saturated carbocycles. The average molecular weight is 299 g/mol. The average Bonchev–Trinajstić information content (AvgIpc) is 2.01. The van der Waals surface area contributed by atoms with Gasteiger partial charge in [-0.3, -0.25) is 4.55 Å². The molecule has 5 nitrogen and oxygen atoms in total. The molecule has 0 saturated heterocycles. The summed E-state index contributed by atoms with van der Waals surface area (Å²) in [6, 6.07) is 5.08. The highest BCUT2D eigenvalue weighted by Crippen LogP contribution is 2.28. The lowest BCUT2D eigenvalue weighted by Gasteiger charge is -2.01. The smallest absolute Gasteiger partial charge is 0.261 e. The van der Waals surface area contributed by atoms with E-state index in [-0.39, 0.29) is 5.75 Å². The van der Waals surface area contributed by atoms with Gasteiger partial charge in [0, 0.05) is 4.47 Å². The Balaban J connectivity index is 0.000000336. The van der Waals surface area contributed by atoms with Crippen molar-refractivity contribution in [2.45, 2.75) is 0 Å². The Labute approximate surface area is 96.6 Å². The van der Waals surface area contributed by atoms with Crippen molar-refractivity contribution in [3.63, 3.8) is 0 Å². The molecule has 0 radical (unpaired) electrons. The van der Waals surface area contributed by atoms with Gasteiger partial charge >= 0.3 is 0 Å². The zero-order valence-corrected chi connectivity index (χ0v) is 10.5. The maximum absolute atomic E-state index is 9.19. The normalized spacial score (nSPS) is 10.1. The van der Waals surface area contributed by atoms with Gasteiger partial charge in [0.2, 0.25) is 0 Å². The third kappa shape index (κ3) is 8.22. The van der Waals surface area contributed by atoms with Gasteiger partial charge in [-0.25, -0.2) is 0 Å². The number of halogens is 1. The molecule has 0 heterocycles. The fourth-order valence-electron chi connectivity index (χ4n) is 0.663. The molecule has 0 atom stereocenters. The van der Waals surface area contributed by atoms with E-state index in [1.165, 1.54) is 7.11 Å². The van der Waals surface area contributed by atoms with Crippen LogP contribution in [0, 0.1) is 0 Å². The third-order valence-corrected chi connectivity index (χ3v) is 1.63. The minimum absolute atomic E-state index is 0.150. The first-order valence-electron chi connectivity index (χ1n) is 3.69. The van der Waals surface area contributed by atoms with Gasteiger partial charge in [0.15, 0.2) is 11.5 Å². The molecule has 7 heteroatoms. The van der Waals surface area contributed by atoms with Gasteiger partial charge in [0.1, 0.15) is 0 Å². The van der Waals surface area contributed by atoms with Crippen LogP contribution in [0.4, 0.5) is 0 Å². The lowest BCUT2D eigenvalue weighted by molar-refractivity contribution is 0.373. The number of aromatic hydroxyl groups is 1. The first kappa shape index (κ1) is 14.2. The molecule has 0 fully saturated rings. The molecule has 86 valence electrons. The zero-order valence-electron chi connectivity index (χ0n) is 8.14. The van der Waals surface area contributed by atoms with Crippen LogP contribution in [-0.2, 0) is 10.1 Å². The topological polar surface area (TPSA) is 83.8 Å². The van der Waals surface area contributed by atoms with Crippen molar-refractivity contribution < 1.29 is 22.8 Å². The van der Waals surface area contributed by atoms with Crippen molar-refractivity contribution in [2.75, 3.05) is 13.4 Å². The van der Waals surface area contributed by atoms with E-state index in [9.17, 15) is 8.42 Å². The lowest BCUT2D eigenvalue weighted by Crippen LogP contribution is -1.88. The molecule has 0 aliphatic rings. The summed E-state index contributed by atoms with van der Waals surface area (Å²) in [5.74, 6) is 0.639. The van der Waals surface area contributed by atoms with Crippen LogP contribution in [0.3, 0.4) is 0 Å². The fraction of sp³-hybridized carbons (Fsp3) is 0.250. The molecule has 1 aromatic rings. The summed E-state index contributed by atoms with van der Waals surface area (Å²) in [6.45, 7) is 0. The highest BCUT2D eigenvalue weighted by atomic mass is 79.9. The van der Waals surface area contributed by atoms with Crippen LogP contribution in [0.2, 0.25) is 0 Å². The van der Waals surface area contributed by atoms with Crippen molar-refractivity contribution >= 4 is 26.0 Å². The van der Waals surface area contributed by atoms with Crippen LogP contribution in [0.1, 0.15) is 0 Å². The van der Waals surface area contributed by atoms with Crippen molar-refractivity contribution in [1.82, 2.24) is 0 Å². The summed E-state index contributed by atoms with van der Waals surface area (Å²) in [5, 5.41) is 9.14. The van der Waals surface area contributed by atoms with Crippen molar-refractivity contribution in [3.8, 4) is 11.5 Å². The number of phenols is 1. The van der Waals surface area contributed by atoms with E-state index in [0.29, 0.717) is 12.0 Å². The van der Waals surface area contributed by atoms with Crippen LogP contribution in [0.5, 0.6) is 11.5 Å². The van der Waals surface area contributed by atoms with Crippen LogP contribution in [0.15, 0.2) is 22.7 Å². The minimum atomic E-state index is -3.67. The van der Waals surface area contributed by atoms with Gasteiger partial charge < -0.3 is 9.84 Å². The van der Waals surface area contributed by atoms with Crippen LogP contribution in [0.25, 0.3) is 0 Å². The van der Waals surface area contributed by atoms with Gasteiger partial charge in [-0.1, -0.05) is 15.9 Å². The number of ether oxygens (including phenoxy) is 1. The van der Waals surface area contributed by atoms with Crippen LogP contribution in [-0.4, -0.2) is 31.4 Å². The monoisotopic (exact) mass is 298 g/mol. The molecule has 0 aliphatic carbocycles. The van der Waals surface area contributed by atoms with Gasteiger partial charge in [-0.15, -0.1) is 0 Å². The summed E-state index contributed by atoms with van der Waals surface area (Å²) in [4.78, 5) is 0. The number of hydrogen-bond acceptors (Lipinski definition) is 4. The molecular formula is C8H11BrO5S. The van der Waals surface area contributed by atoms with E-state index in [1.54, 1.807) is 18.2 Å². The highest BCUT2D eigenvalue weighted by molar-refractivity contribution is 9.10. The lowest BCUT2D eigenvalue weighted by atomic mass is 10.3. The summed E-state index contributed by atoms with van der Waals surface area (Å²) in [6.07, 6.45) is 0.715. The second-order valence-electron chi connectivity index (χ2n) is 2.55. The largest absolute Gasteiger partial charge is 0.504 e. The minimum Gasteiger partial charge on any atom is -0.504 e. The molecule has 15 heavy (non-hydrogen) atoms. The molecule has 1 aromatic carbocycles. The Kier molecular flexibility index (Phi) is 5.63. The maximum atomic E-state index is 9.19. The first-order chi connectivity index (χ1) is 6.74. The Morgan fingerprint density at radius 2 is 1.87 bits per heavy atom. The molecular weight excluding hydrogens is 288 g/mol. The van der Waals surface area contributed by atoms with E-state index in [2.05, 4.69) is 15.9 Å². The molecule has 0 amide bonds. The number of rotatable bonds is 1. The summed E-state index contributed by atoms with van der Waals surface area (Å²) in [5.41, 5.74) is 0. The SMILES string of the molecule is COc1ccc(Br)cc1O.CS(=O)(=O)O. The van der Waals surface area contributed by atoms with E-state index in [4.69, 9.17) is 14.4 Å². The summed E-state index contributed by atoms with van der Waals surface area (Å²) < 4.78 is 31.5. The van der Waals surface area contributed by atoms with Crippen molar-refractivity contribution in [2.24, 2.45) is 0 Å². The molecule has 1 rings (SSSR count). The van der Waals surface area contributed by atoms with E-state index < -0.39 is 10.1 Å². The number of methoxy groups -OCH3 is 1. The molecule has 0 spiro atoms. The molecule has 2 N–H and O–H groups in total. The van der Waals surface area contributed by atoms with Gasteiger partial charge in [0.05, 0.1) is 13.4 Å². The van der Waals surface area contributed by atoms with E-state index in [0.717, 1.165) is 4.47 Å². The van der Waals surface area contributed by atoms with E-state index >= 15 is 0 Å². The Morgan fingerprint density at radius 1 is 1.40 bits per heavy atom. The summed E-state index contributed by atoms with van der Waals surface area (Å²) in [7, 11) is -2.15. The second-order valence-corrected chi connectivity index (χ2v) is 4.93. The maximum Gasteiger partial charge on any atom is 0.261 e. The fourth-order valence-corrected chi connectivity index (χ4v) is 1.01. The van der Waals surface area contributed by atoms with Gasteiger partial charge in [-0.05, 0) is 18.2 Å². The predicted molar refractivity (Wildman–Crippen MR) is 59.8 cm³/mol. The Morgan fingerprint density at radius 3 is 2.20 bits per heavy atom. The molecule has 0 unspecified atom stereocenters. The van der Waals surface area contributed by atoms with Gasteiger partial charge in [-0.2, -0.15) is 8.42 Å². The van der Waals surface area contributed by atoms with Crippen LogP contribution >= 0.6 is 15.9 Å². The Bertz CT molecular complexity index is 407. The van der Waals surface area contributed by atoms with E-state index in [1.807, 2.05) is 0 Å². The number of hydrogen-bond donors (Lipinski definition) is 2. The first-order valence-corrected chi connectivity index (χ1v) is 6.33. The summed E-state index contributed by atoms with van der Waals surface area (Å²) >= 11 is 3.21. The predicted octanol–water partition coefficient (Wildman–Crippen LogP) is 1.67. The van der Waals surface area contributed by atoms with Crippen molar-refractivity contribution in [1.29, 1.82) is 0 Å². The Hall–Kier alpha value is -0.790. The second kappa shape index (κ2) is 5.94. The quantitative estimate of drug-likeness (QED) is 0.771. The number of benzene rings is 1. The number of phenolic OH excluding ortho intramolecular Hbond substituents is 1. The molecule has 0 aliphatic heterocycles. The third-order valence-electron chi connectivity index (χ3n) is 1.14. The standard InChI is InChI=1S/C7H7BrO2.CH4O3S/c1-10-7-3-2-5(8)4-6(7)9;1-5(2,3)4/h2-4,9H,1H3;1H3,(H,2,3,4). The molecule has 0 bridgehead atoms. The highest BCUT2D eigenvalue weighted by Gasteiger charge is 1.98.